The lowest BCUT2D eigenvalue weighted by Crippen LogP contribution is -2.38. The molecule has 1 aromatic carbocycles. The molecule has 164 valence electrons. The molecule has 0 bridgehead atoms. The zero-order valence-corrected chi connectivity index (χ0v) is 18.0. The Balaban J connectivity index is 1.25. The molecule has 4 rings (SSSR count). The maximum atomic E-state index is 12.4. The lowest BCUT2D eigenvalue weighted by molar-refractivity contribution is -0.133. The van der Waals surface area contributed by atoms with Crippen LogP contribution in [0.25, 0.3) is 11.3 Å². The first kappa shape index (κ1) is 21.3. The van der Waals surface area contributed by atoms with Crippen molar-refractivity contribution in [2.24, 2.45) is 0 Å². The van der Waals surface area contributed by atoms with Gasteiger partial charge in [-0.05, 0) is 25.3 Å². The van der Waals surface area contributed by atoms with Crippen LogP contribution in [-0.4, -0.2) is 58.9 Å². The quantitative estimate of drug-likeness (QED) is 0.776. The van der Waals surface area contributed by atoms with E-state index in [1.807, 2.05) is 41.3 Å². The number of nitrogens with one attached hydrogen (secondary N) is 1. The van der Waals surface area contributed by atoms with Crippen molar-refractivity contribution in [3.63, 3.8) is 0 Å². The summed E-state index contributed by atoms with van der Waals surface area (Å²) in [5.74, 6) is 0.750. The van der Waals surface area contributed by atoms with Gasteiger partial charge in [-0.1, -0.05) is 43.2 Å². The van der Waals surface area contributed by atoms with Crippen molar-refractivity contribution in [1.82, 2.24) is 20.2 Å². The van der Waals surface area contributed by atoms with E-state index in [9.17, 15) is 9.59 Å². The van der Waals surface area contributed by atoms with E-state index < -0.39 is 0 Å². The van der Waals surface area contributed by atoms with Crippen molar-refractivity contribution in [1.29, 1.82) is 0 Å². The van der Waals surface area contributed by atoms with Gasteiger partial charge in [0.15, 0.2) is 0 Å². The minimum absolute atomic E-state index is 0.0472. The highest BCUT2D eigenvalue weighted by atomic mass is 16.2. The summed E-state index contributed by atoms with van der Waals surface area (Å²) in [6, 6.07) is 12.0. The van der Waals surface area contributed by atoms with Crippen LogP contribution >= 0.6 is 0 Å². The van der Waals surface area contributed by atoms with Crippen LogP contribution in [-0.2, 0) is 9.59 Å². The molecule has 0 radical (unpaired) electrons. The van der Waals surface area contributed by atoms with Gasteiger partial charge in [-0.25, -0.2) is 9.97 Å². The second-order valence-corrected chi connectivity index (χ2v) is 8.40. The molecule has 1 aromatic heterocycles. The summed E-state index contributed by atoms with van der Waals surface area (Å²) in [5, 5.41) is 3.09. The van der Waals surface area contributed by atoms with Crippen molar-refractivity contribution in [3.8, 4) is 11.3 Å². The number of nitrogens with zero attached hydrogens (tertiary/aromatic N) is 4. The second kappa shape index (κ2) is 10.4. The van der Waals surface area contributed by atoms with Gasteiger partial charge in [-0.3, -0.25) is 9.59 Å². The Morgan fingerprint density at radius 2 is 1.74 bits per heavy atom. The normalized spacial score (nSPS) is 19.2. The van der Waals surface area contributed by atoms with Crippen molar-refractivity contribution in [3.05, 3.63) is 42.6 Å². The molecule has 3 heterocycles. The fraction of sp³-hybridized carbons (Fsp3) is 0.500. The molecule has 31 heavy (non-hydrogen) atoms. The zero-order chi connectivity index (χ0) is 21.5. The third kappa shape index (κ3) is 5.81. The highest BCUT2D eigenvalue weighted by molar-refractivity contribution is 5.84. The third-order valence-corrected chi connectivity index (χ3v) is 6.07. The number of amides is 2. The number of carbonyl (C=O) groups excluding carboxylic acids is 2. The van der Waals surface area contributed by atoms with Crippen LogP contribution in [0.1, 0.15) is 44.9 Å². The van der Waals surface area contributed by atoms with Gasteiger partial charge >= 0.3 is 0 Å². The number of benzene rings is 1. The van der Waals surface area contributed by atoms with Gasteiger partial charge in [0.2, 0.25) is 17.8 Å². The van der Waals surface area contributed by atoms with E-state index in [4.69, 9.17) is 4.98 Å². The molecule has 1 unspecified atom stereocenters. The van der Waals surface area contributed by atoms with Gasteiger partial charge < -0.3 is 15.1 Å². The largest absolute Gasteiger partial charge is 0.352 e. The minimum Gasteiger partial charge on any atom is -0.352 e. The Labute approximate surface area is 183 Å². The van der Waals surface area contributed by atoms with Crippen molar-refractivity contribution < 1.29 is 9.59 Å². The molecule has 2 fully saturated rings. The molecular weight excluding hydrogens is 390 g/mol. The van der Waals surface area contributed by atoms with Crippen LogP contribution in [0.4, 0.5) is 5.95 Å². The smallest absolute Gasteiger partial charge is 0.225 e. The topological polar surface area (TPSA) is 78.4 Å². The molecule has 0 saturated carbocycles. The van der Waals surface area contributed by atoms with Crippen molar-refractivity contribution >= 4 is 17.8 Å². The van der Waals surface area contributed by atoms with Crippen molar-refractivity contribution in [2.75, 3.05) is 31.1 Å². The molecule has 0 aliphatic carbocycles. The van der Waals surface area contributed by atoms with Gasteiger partial charge in [0, 0.05) is 56.8 Å². The summed E-state index contributed by atoms with van der Waals surface area (Å²) in [6.07, 6.45) is 7.72. The summed E-state index contributed by atoms with van der Waals surface area (Å²) in [6.45, 7) is 3.15. The standard InChI is InChI=1S/C24H31N5O2/c30-22(10-11-23(31)28-15-6-1-2-7-16-28)26-20-13-17-29(18-20)24-25-14-12-21(27-24)19-8-4-3-5-9-19/h3-5,8-9,12,14,20H,1-2,6-7,10-11,13,15-18H2,(H,26,30). The highest BCUT2D eigenvalue weighted by Crippen LogP contribution is 2.21. The monoisotopic (exact) mass is 421 g/mol. The van der Waals surface area contributed by atoms with Crippen LogP contribution < -0.4 is 10.2 Å². The van der Waals surface area contributed by atoms with E-state index in [-0.39, 0.29) is 24.3 Å². The molecule has 1 N–H and O–H groups in total. The summed E-state index contributed by atoms with van der Waals surface area (Å²) in [4.78, 5) is 38.0. The zero-order valence-electron chi connectivity index (χ0n) is 18.0. The summed E-state index contributed by atoms with van der Waals surface area (Å²) in [7, 11) is 0. The fourth-order valence-electron chi connectivity index (χ4n) is 4.33. The Hall–Kier alpha value is -2.96. The fourth-order valence-corrected chi connectivity index (χ4v) is 4.33. The first-order valence-corrected chi connectivity index (χ1v) is 11.4. The second-order valence-electron chi connectivity index (χ2n) is 8.40. The molecule has 2 saturated heterocycles. The SMILES string of the molecule is O=C(CCC(=O)N1CCCCCC1)NC1CCN(c2nccc(-c3ccccc3)n2)C1. The molecule has 7 nitrogen and oxygen atoms in total. The summed E-state index contributed by atoms with van der Waals surface area (Å²) >= 11 is 0. The Morgan fingerprint density at radius 1 is 0.968 bits per heavy atom. The predicted octanol–water partition coefficient (Wildman–Crippen LogP) is 3.02. The lowest BCUT2D eigenvalue weighted by Gasteiger charge is -2.20. The van der Waals surface area contributed by atoms with E-state index >= 15 is 0 Å². The molecule has 2 aromatic rings. The predicted molar refractivity (Wildman–Crippen MR) is 121 cm³/mol. The number of rotatable bonds is 6. The van der Waals surface area contributed by atoms with E-state index in [1.165, 1.54) is 12.8 Å². The van der Waals surface area contributed by atoms with E-state index in [0.29, 0.717) is 18.9 Å². The molecular formula is C24H31N5O2. The van der Waals surface area contributed by atoms with Crippen LogP contribution in [0.5, 0.6) is 0 Å². The van der Waals surface area contributed by atoms with E-state index in [0.717, 1.165) is 50.2 Å². The summed E-state index contributed by atoms with van der Waals surface area (Å²) < 4.78 is 0. The molecule has 2 aliphatic heterocycles. The molecule has 1 atom stereocenters. The Morgan fingerprint density at radius 3 is 2.52 bits per heavy atom. The van der Waals surface area contributed by atoms with Crippen LogP contribution in [0.2, 0.25) is 0 Å². The van der Waals surface area contributed by atoms with E-state index in [2.05, 4.69) is 15.2 Å². The van der Waals surface area contributed by atoms with Gasteiger partial charge in [-0.15, -0.1) is 0 Å². The Kier molecular flexibility index (Phi) is 7.12. The molecule has 7 heteroatoms. The highest BCUT2D eigenvalue weighted by Gasteiger charge is 2.26. The van der Waals surface area contributed by atoms with Crippen LogP contribution in [0, 0.1) is 0 Å². The summed E-state index contributed by atoms with van der Waals surface area (Å²) in [5.41, 5.74) is 1.95. The Bertz CT molecular complexity index is 881. The number of hydrogen-bond acceptors (Lipinski definition) is 5. The van der Waals surface area contributed by atoms with Crippen LogP contribution in [0.3, 0.4) is 0 Å². The van der Waals surface area contributed by atoms with Gasteiger partial charge in [0.1, 0.15) is 0 Å². The number of carbonyl (C=O) groups is 2. The number of anilines is 1. The molecule has 2 aliphatic rings. The maximum absolute atomic E-state index is 12.4. The number of aromatic nitrogens is 2. The maximum Gasteiger partial charge on any atom is 0.225 e. The molecule has 0 spiro atoms. The van der Waals surface area contributed by atoms with Crippen LogP contribution in [0.15, 0.2) is 42.6 Å². The van der Waals surface area contributed by atoms with E-state index in [1.54, 1.807) is 6.20 Å². The average Bonchev–Trinajstić information content (AvgIpc) is 3.10. The lowest BCUT2D eigenvalue weighted by atomic mass is 10.1. The van der Waals surface area contributed by atoms with Gasteiger partial charge in [0.05, 0.1) is 5.69 Å². The van der Waals surface area contributed by atoms with Gasteiger partial charge in [0.25, 0.3) is 0 Å². The first-order chi connectivity index (χ1) is 15.2. The third-order valence-electron chi connectivity index (χ3n) is 6.07. The number of hydrogen-bond donors (Lipinski definition) is 1. The minimum atomic E-state index is -0.0472. The van der Waals surface area contributed by atoms with Gasteiger partial charge in [-0.2, -0.15) is 0 Å². The molecule has 2 amide bonds. The first-order valence-electron chi connectivity index (χ1n) is 11.4. The van der Waals surface area contributed by atoms with Crippen molar-refractivity contribution in [2.45, 2.75) is 51.0 Å². The number of likely N-dealkylation sites (tertiary alicyclic amines) is 1. The average molecular weight is 422 g/mol.